The topological polar surface area (TPSA) is 21.3 Å². The molecule has 0 saturated carbocycles. The maximum absolute atomic E-state index is 5.31. The highest BCUT2D eigenvalue weighted by molar-refractivity contribution is 7.99. The van der Waals surface area contributed by atoms with Gasteiger partial charge in [0.05, 0.1) is 18.5 Å². The van der Waals surface area contributed by atoms with E-state index in [2.05, 4.69) is 41.7 Å². The molecule has 0 bridgehead atoms. The molecular formula is C16H13NOS. The van der Waals surface area contributed by atoms with E-state index in [1.165, 1.54) is 26.6 Å². The molecule has 0 aromatic heterocycles. The molecule has 0 spiro atoms. The molecular weight excluding hydrogens is 254 g/mol. The SMILES string of the molecule is COc1ccc2c(c1)Sc1c(ccc3c1CC=C3)N2. The van der Waals surface area contributed by atoms with Gasteiger partial charge in [0, 0.05) is 9.79 Å². The Morgan fingerprint density at radius 3 is 2.95 bits per heavy atom. The van der Waals surface area contributed by atoms with Crippen LogP contribution in [-0.2, 0) is 6.42 Å². The Labute approximate surface area is 116 Å². The monoisotopic (exact) mass is 267 g/mol. The van der Waals surface area contributed by atoms with Gasteiger partial charge in [-0.25, -0.2) is 0 Å². The second-order valence-corrected chi connectivity index (χ2v) is 5.76. The number of allylic oxidation sites excluding steroid dienone is 1. The molecule has 1 N–H and O–H groups in total. The van der Waals surface area contributed by atoms with E-state index < -0.39 is 0 Å². The normalized spacial score (nSPS) is 14.4. The third-order valence-electron chi connectivity index (χ3n) is 3.59. The highest BCUT2D eigenvalue weighted by Crippen LogP contribution is 2.48. The second kappa shape index (κ2) is 4.07. The highest BCUT2D eigenvalue weighted by atomic mass is 32.2. The first-order valence-electron chi connectivity index (χ1n) is 6.30. The maximum Gasteiger partial charge on any atom is 0.120 e. The Balaban J connectivity index is 1.83. The smallest absolute Gasteiger partial charge is 0.120 e. The van der Waals surface area contributed by atoms with Gasteiger partial charge >= 0.3 is 0 Å². The Morgan fingerprint density at radius 1 is 1.16 bits per heavy atom. The summed E-state index contributed by atoms with van der Waals surface area (Å²) in [6, 6.07) is 10.5. The summed E-state index contributed by atoms with van der Waals surface area (Å²) >= 11 is 1.83. The van der Waals surface area contributed by atoms with Gasteiger partial charge in [-0.2, -0.15) is 0 Å². The van der Waals surface area contributed by atoms with Crippen LogP contribution < -0.4 is 10.1 Å². The molecule has 2 nitrogen and oxygen atoms in total. The molecule has 0 amide bonds. The lowest BCUT2D eigenvalue weighted by Gasteiger charge is -2.23. The standard InChI is InChI=1S/C16H13NOS/c1-18-11-6-8-13-15(9-11)19-16-12-4-2-3-10(12)5-7-14(16)17-13/h2-3,5-9,17H,4H2,1H3. The van der Waals surface area contributed by atoms with Crippen molar-refractivity contribution in [1.82, 2.24) is 0 Å². The highest BCUT2D eigenvalue weighted by Gasteiger charge is 2.21. The number of anilines is 2. The molecule has 0 fully saturated rings. The van der Waals surface area contributed by atoms with Crippen molar-refractivity contribution in [2.24, 2.45) is 0 Å². The van der Waals surface area contributed by atoms with Gasteiger partial charge in [-0.05, 0) is 41.8 Å². The predicted molar refractivity (Wildman–Crippen MR) is 79.6 cm³/mol. The quantitative estimate of drug-likeness (QED) is 0.702. The van der Waals surface area contributed by atoms with E-state index in [0.29, 0.717) is 0 Å². The van der Waals surface area contributed by atoms with Crippen molar-refractivity contribution in [3.63, 3.8) is 0 Å². The Kier molecular flexibility index (Phi) is 2.35. The number of hydrogen-bond donors (Lipinski definition) is 1. The Hall–Kier alpha value is -1.87. The molecule has 19 heavy (non-hydrogen) atoms. The largest absolute Gasteiger partial charge is 0.497 e. The molecule has 2 aromatic rings. The zero-order chi connectivity index (χ0) is 12.8. The molecule has 0 saturated heterocycles. The lowest BCUT2D eigenvalue weighted by atomic mass is 10.1. The number of rotatable bonds is 1. The summed E-state index contributed by atoms with van der Waals surface area (Å²) in [5, 5.41) is 3.52. The summed E-state index contributed by atoms with van der Waals surface area (Å²) in [6.45, 7) is 0. The molecule has 3 heteroatoms. The van der Waals surface area contributed by atoms with Gasteiger partial charge in [-0.1, -0.05) is 30.0 Å². The number of ether oxygens (including phenoxy) is 1. The van der Waals surface area contributed by atoms with E-state index in [-0.39, 0.29) is 0 Å². The fraction of sp³-hybridized carbons (Fsp3) is 0.125. The summed E-state index contributed by atoms with van der Waals surface area (Å²) < 4.78 is 5.31. The fourth-order valence-electron chi connectivity index (χ4n) is 2.60. The third-order valence-corrected chi connectivity index (χ3v) is 4.81. The van der Waals surface area contributed by atoms with Crippen LogP contribution in [0.1, 0.15) is 11.1 Å². The van der Waals surface area contributed by atoms with Gasteiger partial charge in [0.15, 0.2) is 0 Å². The lowest BCUT2D eigenvalue weighted by molar-refractivity contribution is 0.414. The number of methoxy groups -OCH3 is 1. The zero-order valence-electron chi connectivity index (χ0n) is 10.6. The van der Waals surface area contributed by atoms with Crippen LogP contribution in [0.3, 0.4) is 0 Å². The molecule has 0 atom stereocenters. The van der Waals surface area contributed by atoms with E-state index >= 15 is 0 Å². The Bertz CT molecular complexity index is 706. The van der Waals surface area contributed by atoms with Crippen molar-refractivity contribution < 1.29 is 4.74 Å². The van der Waals surface area contributed by atoms with E-state index in [9.17, 15) is 0 Å². The van der Waals surface area contributed by atoms with Crippen LogP contribution in [0.4, 0.5) is 11.4 Å². The van der Waals surface area contributed by atoms with E-state index in [1.807, 2.05) is 17.8 Å². The van der Waals surface area contributed by atoms with Crippen LogP contribution in [-0.4, -0.2) is 7.11 Å². The minimum atomic E-state index is 0.905. The van der Waals surface area contributed by atoms with Crippen LogP contribution in [0.5, 0.6) is 5.75 Å². The minimum Gasteiger partial charge on any atom is -0.497 e. The van der Waals surface area contributed by atoms with Crippen molar-refractivity contribution in [2.45, 2.75) is 16.2 Å². The van der Waals surface area contributed by atoms with Crippen LogP contribution in [0.2, 0.25) is 0 Å². The van der Waals surface area contributed by atoms with Crippen LogP contribution >= 0.6 is 11.8 Å². The molecule has 1 heterocycles. The molecule has 1 aliphatic heterocycles. The average molecular weight is 267 g/mol. The number of hydrogen-bond acceptors (Lipinski definition) is 3. The number of nitrogens with one attached hydrogen (secondary N) is 1. The molecule has 2 aromatic carbocycles. The van der Waals surface area contributed by atoms with Crippen LogP contribution in [0.25, 0.3) is 6.08 Å². The third kappa shape index (κ3) is 1.65. The molecule has 0 radical (unpaired) electrons. The first-order chi connectivity index (χ1) is 9.35. The summed E-state index contributed by atoms with van der Waals surface area (Å²) in [5.74, 6) is 0.905. The number of fused-ring (bicyclic) bond motifs is 4. The van der Waals surface area contributed by atoms with Crippen molar-refractivity contribution in [3.05, 3.63) is 47.5 Å². The van der Waals surface area contributed by atoms with E-state index in [0.717, 1.165) is 17.9 Å². The van der Waals surface area contributed by atoms with Crippen molar-refractivity contribution in [3.8, 4) is 5.75 Å². The first kappa shape index (κ1) is 11.0. The maximum atomic E-state index is 5.31. The van der Waals surface area contributed by atoms with Crippen molar-refractivity contribution in [1.29, 1.82) is 0 Å². The summed E-state index contributed by atoms with van der Waals surface area (Å²) in [6.07, 6.45) is 5.47. The lowest BCUT2D eigenvalue weighted by Crippen LogP contribution is -2.02. The van der Waals surface area contributed by atoms with Gasteiger partial charge in [0.2, 0.25) is 0 Å². The summed E-state index contributed by atoms with van der Waals surface area (Å²) in [4.78, 5) is 2.58. The molecule has 4 rings (SSSR count). The molecule has 94 valence electrons. The summed E-state index contributed by atoms with van der Waals surface area (Å²) in [7, 11) is 1.71. The van der Waals surface area contributed by atoms with Gasteiger partial charge < -0.3 is 10.1 Å². The minimum absolute atomic E-state index is 0.905. The van der Waals surface area contributed by atoms with Gasteiger partial charge in [0.25, 0.3) is 0 Å². The van der Waals surface area contributed by atoms with Gasteiger partial charge in [0.1, 0.15) is 5.75 Å². The van der Waals surface area contributed by atoms with Gasteiger partial charge in [-0.3, -0.25) is 0 Å². The molecule has 0 unspecified atom stereocenters. The predicted octanol–water partition coefficient (Wildman–Crippen LogP) is 4.47. The van der Waals surface area contributed by atoms with E-state index in [4.69, 9.17) is 4.74 Å². The fourth-order valence-corrected chi connectivity index (χ4v) is 3.78. The van der Waals surface area contributed by atoms with Crippen molar-refractivity contribution >= 4 is 29.2 Å². The van der Waals surface area contributed by atoms with Crippen molar-refractivity contribution in [2.75, 3.05) is 12.4 Å². The van der Waals surface area contributed by atoms with Gasteiger partial charge in [-0.15, -0.1) is 0 Å². The summed E-state index contributed by atoms with van der Waals surface area (Å²) in [5.41, 5.74) is 5.15. The zero-order valence-corrected chi connectivity index (χ0v) is 11.4. The second-order valence-electron chi connectivity index (χ2n) is 4.71. The Morgan fingerprint density at radius 2 is 2.05 bits per heavy atom. The number of benzene rings is 2. The first-order valence-corrected chi connectivity index (χ1v) is 7.12. The average Bonchev–Trinajstić information content (AvgIpc) is 2.93. The molecule has 2 aliphatic rings. The van der Waals surface area contributed by atoms with Crippen LogP contribution in [0.15, 0.2) is 46.2 Å². The van der Waals surface area contributed by atoms with Crippen LogP contribution in [0, 0.1) is 0 Å². The molecule has 1 aliphatic carbocycles. The van der Waals surface area contributed by atoms with E-state index in [1.54, 1.807) is 7.11 Å².